The van der Waals surface area contributed by atoms with Gasteiger partial charge in [-0.25, -0.2) is 14.4 Å². The Hall–Kier alpha value is -6.07. The van der Waals surface area contributed by atoms with Gasteiger partial charge in [-0.3, -0.25) is 43.6 Å². The highest BCUT2D eigenvalue weighted by Crippen LogP contribution is 2.31. The average Bonchev–Trinajstić information content (AvgIpc) is 3.37. The normalized spacial score (nSPS) is 18.9. The van der Waals surface area contributed by atoms with E-state index in [0.29, 0.717) is 103 Å². The van der Waals surface area contributed by atoms with Crippen LogP contribution in [-0.4, -0.2) is 196 Å². The van der Waals surface area contributed by atoms with E-state index in [1.54, 1.807) is 0 Å². The van der Waals surface area contributed by atoms with Crippen molar-refractivity contribution >= 4 is 98.9 Å². The lowest BCUT2D eigenvalue weighted by Gasteiger charge is -2.38. The van der Waals surface area contributed by atoms with Crippen LogP contribution in [0.1, 0.15) is 75.8 Å². The number of amides is 7. The second kappa shape index (κ2) is 33.4. The van der Waals surface area contributed by atoms with Crippen molar-refractivity contribution in [2.24, 2.45) is 34.8 Å². The summed E-state index contributed by atoms with van der Waals surface area (Å²) >= 11 is 7.92. The molecule has 0 radical (unpaired) electrons. The Morgan fingerprint density at radius 1 is 0.679 bits per heavy atom. The third kappa shape index (κ3) is 24.7. The topological polar surface area (TPSA) is 362 Å². The van der Waals surface area contributed by atoms with Crippen LogP contribution in [0.4, 0.5) is 10.5 Å². The summed E-state index contributed by atoms with van der Waals surface area (Å²) in [5.74, 6) is -4.90. The average molecular weight is 1220 g/mol. The largest absolute Gasteiger partial charge is 0.480 e. The van der Waals surface area contributed by atoms with Gasteiger partial charge in [0.25, 0.3) is 0 Å². The fraction of sp³-hybridized carbons (Fsp3) is 0.577. The molecule has 2 aromatic rings. The summed E-state index contributed by atoms with van der Waals surface area (Å²) in [6.45, 7) is 5.06. The van der Waals surface area contributed by atoms with Crippen LogP contribution in [0.15, 0.2) is 48.5 Å². The number of anilines is 1. The number of urea groups is 1. The summed E-state index contributed by atoms with van der Waals surface area (Å²) in [5.41, 5.74) is 25.2. The molecule has 4 rings (SSSR count). The lowest BCUT2D eigenvalue weighted by atomic mass is 9.81. The number of carboxylic acid groups (broad SMARTS) is 2. The minimum absolute atomic E-state index is 0.0178. The van der Waals surface area contributed by atoms with Gasteiger partial charge in [0, 0.05) is 93.1 Å². The summed E-state index contributed by atoms with van der Waals surface area (Å²) in [6, 6.07) is 11.6. The third-order valence-corrected chi connectivity index (χ3v) is 14.8. The lowest BCUT2D eigenvalue weighted by Crippen LogP contribution is -2.54. The number of benzene rings is 2. The highest BCUT2D eigenvalue weighted by atomic mass is 127. The molecule has 24 nitrogen and oxygen atoms in total. The Morgan fingerprint density at radius 3 is 1.73 bits per heavy atom. The van der Waals surface area contributed by atoms with Crippen LogP contribution in [0.5, 0.6) is 0 Å². The van der Waals surface area contributed by atoms with Crippen LogP contribution in [0.2, 0.25) is 0 Å². The van der Waals surface area contributed by atoms with Gasteiger partial charge in [-0.2, -0.15) is 0 Å². The highest BCUT2D eigenvalue weighted by Gasteiger charge is 2.31. The van der Waals surface area contributed by atoms with Crippen molar-refractivity contribution in [2.45, 2.75) is 95.8 Å². The van der Waals surface area contributed by atoms with Gasteiger partial charge in [-0.1, -0.05) is 24.3 Å². The number of carbonyl (C=O) groups is 9. The first-order valence-corrected chi connectivity index (χ1v) is 27.8. The van der Waals surface area contributed by atoms with E-state index >= 15 is 0 Å². The summed E-state index contributed by atoms with van der Waals surface area (Å²) < 4.78 is 1.05. The SMILES string of the molecule is CC(=O)CC[C@@H](NC(=O)N[C@H](CCCCN(Cc1ccc(I)cc1)C(=O)C1CCC(CNC(=S)Nc2ccc(CC3CN(CC(N)=O)CCN(CC(N)=O)CCN(CC(N)=O)CCN3CC(N)=O)cc2)CC1)C(=O)O)C(=O)O. The maximum absolute atomic E-state index is 14.2. The van der Waals surface area contributed by atoms with Crippen molar-refractivity contribution in [3.05, 3.63) is 63.2 Å². The number of carbonyl (C=O) groups excluding carboxylic acids is 7. The van der Waals surface area contributed by atoms with E-state index in [4.69, 9.17) is 35.2 Å². The molecule has 1 saturated heterocycles. The van der Waals surface area contributed by atoms with Crippen LogP contribution in [-0.2, 0) is 51.3 Å². The van der Waals surface area contributed by atoms with Crippen LogP contribution >= 0.6 is 34.8 Å². The molecule has 1 aliphatic carbocycles. The van der Waals surface area contributed by atoms with Gasteiger partial charge in [0.2, 0.25) is 29.5 Å². The number of nitrogens with zero attached hydrogens (tertiary/aromatic N) is 5. The number of hydrogen-bond donors (Lipinski definition) is 10. The number of Topliss-reactive ketones (excluding diaryl/α,β-unsaturated/α-hetero) is 1. The Kier molecular flexibility index (Phi) is 27.6. The predicted molar refractivity (Wildman–Crippen MR) is 304 cm³/mol. The number of halogens is 1. The van der Waals surface area contributed by atoms with Gasteiger partial charge < -0.3 is 64.1 Å². The van der Waals surface area contributed by atoms with E-state index in [1.165, 1.54) is 6.92 Å². The van der Waals surface area contributed by atoms with E-state index in [0.717, 1.165) is 33.2 Å². The van der Waals surface area contributed by atoms with Crippen molar-refractivity contribution in [2.75, 3.05) is 90.4 Å². The van der Waals surface area contributed by atoms with Crippen LogP contribution in [0, 0.1) is 15.4 Å². The monoisotopic (exact) mass is 1220 g/mol. The molecule has 14 N–H and O–H groups in total. The first-order chi connectivity index (χ1) is 37.0. The zero-order chi connectivity index (χ0) is 57.3. The Bertz CT molecular complexity index is 2360. The molecule has 1 saturated carbocycles. The molecule has 0 aromatic heterocycles. The maximum Gasteiger partial charge on any atom is 0.326 e. The standard InChI is InChI=1S/C52H78IN13O11S/c1-34(67)5-18-43(50(75)76)61-51(77)60-42(49(73)74)4-2-3-19-66(28-37-8-14-39(53)15-9-37)48(72)38-12-6-36(7-13-38)27-58-52(78)59-40-16-10-35(11-17-40)26-41-29-64(32-46(56)70)23-22-62(30-44(54)68)20-21-63(31-45(55)69)24-25-65(41)33-47(57)71/h8-11,14-17,36,38,41-43H,2-7,12-13,18-33H2,1H3,(H2,54,68)(H2,55,69)(H2,56,70)(H2,57,71)(H,73,74)(H,75,76)(H2,58,59,78)(H2,60,61,77)/t36?,38?,41?,42-,43-/m1/s1. The number of nitrogens with one attached hydrogen (secondary N) is 4. The Morgan fingerprint density at radius 2 is 1.19 bits per heavy atom. The third-order valence-electron chi connectivity index (χ3n) is 13.8. The second-order valence-electron chi connectivity index (χ2n) is 20.3. The molecule has 430 valence electrons. The Labute approximate surface area is 474 Å². The molecule has 2 fully saturated rings. The fourth-order valence-corrected chi connectivity index (χ4v) is 10.3. The molecule has 0 bridgehead atoms. The molecule has 0 spiro atoms. The predicted octanol–water partition coefficient (Wildman–Crippen LogP) is 0.232. The van der Waals surface area contributed by atoms with Gasteiger partial charge in [-0.05, 0) is 141 Å². The van der Waals surface area contributed by atoms with Crippen LogP contribution in [0.3, 0.4) is 0 Å². The summed E-state index contributed by atoms with van der Waals surface area (Å²) in [7, 11) is 0. The van der Waals surface area contributed by atoms with E-state index in [2.05, 4.69) is 43.9 Å². The minimum atomic E-state index is -1.36. The molecule has 1 heterocycles. The molecule has 7 amide bonds. The van der Waals surface area contributed by atoms with Gasteiger partial charge in [0.05, 0.1) is 26.2 Å². The van der Waals surface area contributed by atoms with Crippen molar-refractivity contribution in [3.8, 4) is 0 Å². The summed E-state index contributed by atoms with van der Waals surface area (Å²) in [4.78, 5) is 120. The molecule has 26 heteroatoms. The van der Waals surface area contributed by atoms with Gasteiger partial charge >= 0.3 is 18.0 Å². The quantitative estimate of drug-likeness (QED) is 0.0310. The molecular weight excluding hydrogens is 1140 g/mol. The van der Waals surface area contributed by atoms with E-state index in [1.807, 2.05) is 73.0 Å². The molecule has 3 atom stereocenters. The smallest absolute Gasteiger partial charge is 0.326 e. The molecular formula is C52H78IN13O11S. The Balaban J connectivity index is 1.33. The number of aliphatic carboxylic acids is 2. The second-order valence-corrected chi connectivity index (χ2v) is 21.9. The van der Waals surface area contributed by atoms with Crippen molar-refractivity contribution in [3.63, 3.8) is 0 Å². The van der Waals surface area contributed by atoms with Gasteiger partial charge in [0.15, 0.2) is 5.11 Å². The fourth-order valence-electron chi connectivity index (χ4n) is 9.70. The van der Waals surface area contributed by atoms with Crippen molar-refractivity contribution in [1.82, 2.24) is 40.4 Å². The molecule has 1 unspecified atom stereocenters. The molecule has 1 aliphatic heterocycles. The van der Waals surface area contributed by atoms with E-state index in [9.17, 15) is 53.4 Å². The van der Waals surface area contributed by atoms with Gasteiger partial charge in [0.1, 0.15) is 17.9 Å². The number of rotatable bonds is 28. The number of thiocarbonyl (C=S) groups is 1. The number of unbranched alkanes of at least 4 members (excludes halogenated alkanes) is 1. The summed E-state index contributed by atoms with van der Waals surface area (Å²) in [6.07, 6.45) is 4.07. The van der Waals surface area contributed by atoms with Crippen LogP contribution < -0.4 is 44.2 Å². The van der Waals surface area contributed by atoms with Crippen molar-refractivity contribution in [1.29, 1.82) is 0 Å². The number of carboxylic acids is 2. The highest BCUT2D eigenvalue weighted by molar-refractivity contribution is 14.1. The first-order valence-electron chi connectivity index (χ1n) is 26.3. The maximum atomic E-state index is 14.2. The number of hydrogen-bond acceptors (Lipinski definition) is 14. The van der Waals surface area contributed by atoms with Crippen LogP contribution in [0.25, 0.3) is 0 Å². The lowest BCUT2D eigenvalue weighted by molar-refractivity contribution is -0.140. The van der Waals surface area contributed by atoms with Crippen molar-refractivity contribution < 1.29 is 53.4 Å². The number of nitrogens with two attached hydrogens (primary N) is 4. The number of ketones is 1. The first kappa shape index (κ1) is 64.5. The molecule has 2 aliphatic rings. The van der Waals surface area contributed by atoms with Gasteiger partial charge in [-0.15, -0.1) is 0 Å². The zero-order valence-electron chi connectivity index (χ0n) is 44.4. The zero-order valence-corrected chi connectivity index (χ0v) is 47.4. The van der Waals surface area contributed by atoms with E-state index < -0.39 is 53.7 Å². The summed E-state index contributed by atoms with van der Waals surface area (Å²) in [5, 5.41) is 30.9. The van der Waals surface area contributed by atoms with E-state index in [-0.39, 0.29) is 75.0 Å². The number of primary amides is 4. The molecule has 2 aromatic carbocycles. The molecule has 78 heavy (non-hydrogen) atoms. The minimum Gasteiger partial charge on any atom is -0.480 e.